The third-order valence-electron chi connectivity index (χ3n) is 6.07. The molecular weight excluding hydrogens is 408 g/mol. The molecule has 29 heavy (non-hydrogen) atoms. The molecule has 1 amide bonds. The summed E-state index contributed by atoms with van der Waals surface area (Å²) in [4.78, 5) is 13.0. The van der Waals surface area contributed by atoms with Gasteiger partial charge in [0, 0.05) is 16.0 Å². The quantitative estimate of drug-likeness (QED) is 0.731. The molecule has 0 aromatic heterocycles. The Bertz CT molecular complexity index is 1060. The number of sulfonamides is 1. The largest absolute Gasteiger partial charge is 0.346 e. The molecule has 154 valence electrons. The highest BCUT2D eigenvalue weighted by molar-refractivity contribution is 7.94. The summed E-state index contributed by atoms with van der Waals surface area (Å²) < 4.78 is 26.7. The van der Waals surface area contributed by atoms with E-state index in [0.29, 0.717) is 5.02 Å². The van der Waals surface area contributed by atoms with E-state index >= 15 is 0 Å². The summed E-state index contributed by atoms with van der Waals surface area (Å²) in [5, 5.41) is 3.51. The van der Waals surface area contributed by atoms with E-state index in [0.717, 1.165) is 19.3 Å². The molecule has 3 aliphatic carbocycles. The smallest absolute Gasteiger partial charge is 0.253 e. The Balaban J connectivity index is 1.51. The minimum absolute atomic E-state index is 0.166. The highest BCUT2D eigenvalue weighted by atomic mass is 35.5. The maximum atomic E-state index is 13.0. The van der Waals surface area contributed by atoms with Gasteiger partial charge in [0.25, 0.3) is 5.91 Å². The Hall–Kier alpha value is -2.05. The standard InChI is InChI=1S/C22H25ClN2O3S/c1-20(2,3)29(27,28)25-18-10-9-16(23)11-17(18)19(26)24-22-12-21(13-22,14-22)15-7-5-4-6-8-15/h4-11,25H,12-14H2,1-3H3,(H,24,26). The fourth-order valence-electron chi connectivity index (χ4n) is 4.42. The van der Waals surface area contributed by atoms with Crippen molar-refractivity contribution in [1.29, 1.82) is 0 Å². The van der Waals surface area contributed by atoms with Crippen LogP contribution in [0.1, 0.15) is 56.0 Å². The second kappa shape index (κ2) is 6.47. The molecule has 2 bridgehead atoms. The maximum Gasteiger partial charge on any atom is 0.253 e. The molecule has 2 N–H and O–H groups in total. The van der Waals surface area contributed by atoms with Crippen LogP contribution >= 0.6 is 11.6 Å². The van der Waals surface area contributed by atoms with E-state index in [1.165, 1.54) is 17.7 Å². The number of anilines is 1. The zero-order valence-corrected chi connectivity index (χ0v) is 18.3. The van der Waals surface area contributed by atoms with Gasteiger partial charge in [-0.2, -0.15) is 0 Å². The van der Waals surface area contributed by atoms with Gasteiger partial charge in [-0.15, -0.1) is 0 Å². The van der Waals surface area contributed by atoms with Gasteiger partial charge in [-0.05, 0) is 63.8 Å². The molecule has 3 fully saturated rings. The molecular formula is C22H25ClN2O3S. The predicted octanol–water partition coefficient (Wildman–Crippen LogP) is 4.48. The van der Waals surface area contributed by atoms with Crippen molar-refractivity contribution in [2.45, 2.75) is 55.7 Å². The lowest BCUT2D eigenvalue weighted by molar-refractivity contribution is -0.0807. The third-order valence-corrected chi connectivity index (χ3v) is 8.41. The first-order valence-corrected chi connectivity index (χ1v) is 11.5. The molecule has 0 heterocycles. The minimum Gasteiger partial charge on any atom is -0.346 e. The van der Waals surface area contributed by atoms with E-state index in [1.54, 1.807) is 26.8 Å². The maximum absolute atomic E-state index is 13.0. The lowest BCUT2D eigenvalue weighted by atomic mass is 9.37. The first kappa shape index (κ1) is 20.2. The molecule has 0 spiro atoms. The molecule has 2 aromatic carbocycles. The monoisotopic (exact) mass is 432 g/mol. The molecule has 0 atom stereocenters. The van der Waals surface area contributed by atoms with Crippen LogP contribution in [0.5, 0.6) is 0 Å². The number of carbonyl (C=O) groups is 1. The fraction of sp³-hybridized carbons (Fsp3) is 0.409. The molecule has 3 saturated carbocycles. The lowest BCUT2D eigenvalue weighted by Crippen LogP contribution is -2.76. The molecule has 3 aliphatic rings. The summed E-state index contributed by atoms with van der Waals surface area (Å²) in [5.41, 5.74) is 1.75. The van der Waals surface area contributed by atoms with Crippen LogP contribution in [0.3, 0.4) is 0 Å². The van der Waals surface area contributed by atoms with Gasteiger partial charge in [0.1, 0.15) is 0 Å². The lowest BCUT2D eigenvalue weighted by Gasteiger charge is -2.71. The Labute approximate surface area is 176 Å². The van der Waals surface area contributed by atoms with Crippen molar-refractivity contribution in [3.05, 3.63) is 64.7 Å². The van der Waals surface area contributed by atoms with Crippen molar-refractivity contribution >= 4 is 33.2 Å². The zero-order valence-electron chi connectivity index (χ0n) is 16.8. The van der Waals surface area contributed by atoms with Crippen LogP contribution in [0.15, 0.2) is 48.5 Å². The molecule has 0 aliphatic heterocycles. The molecule has 7 heteroatoms. The van der Waals surface area contributed by atoms with E-state index < -0.39 is 14.8 Å². The summed E-state index contributed by atoms with van der Waals surface area (Å²) in [7, 11) is -3.66. The van der Waals surface area contributed by atoms with Crippen LogP contribution in [-0.2, 0) is 15.4 Å². The Morgan fingerprint density at radius 2 is 1.66 bits per heavy atom. The number of carbonyl (C=O) groups excluding carboxylic acids is 1. The van der Waals surface area contributed by atoms with Crippen LogP contribution in [0, 0.1) is 0 Å². The van der Waals surface area contributed by atoms with Crippen molar-refractivity contribution in [1.82, 2.24) is 5.32 Å². The van der Waals surface area contributed by atoms with Gasteiger partial charge in [-0.3, -0.25) is 9.52 Å². The van der Waals surface area contributed by atoms with Crippen molar-refractivity contribution in [3.8, 4) is 0 Å². The number of hydrogen-bond donors (Lipinski definition) is 2. The van der Waals surface area contributed by atoms with Gasteiger partial charge in [0.05, 0.1) is 16.0 Å². The Morgan fingerprint density at radius 1 is 1.03 bits per heavy atom. The fourth-order valence-corrected chi connectivity index (χ4v) is 5.36. The van der Waals surface area contributed by atoms with Crippen molar-refractivity contribution in [2.75, 3.05) is 4.72 Å². The first-order chi connectivity index (χ1) is 13.5. The summed E-state index contributed by atoms with van der Waals surface area (Å²) in [6, 6.07) is 15.0. The molecule has 0 radical (unpaired) electrons. The molecule has 5 nitrogen and oxygen atoms in total. The summed E-state index contributed by atoms with van der Waals surface area (Å²) in [6.45, 7) is 4.82. The summed E-state index contributed by atoms with van der Waals surface area (Å²) in [6.07, 6.45) is 2.71. The van der Waals surface area contributed by atoms with Crippen molar-refractivity contribution < 1.29 is 13.2 Å². The van der Waals surface area contributed by atoms with Gasteiger partial charge in [0.15, 0.2) is 0 Å². The van der Waals surface area contributed by atoms with Crippen molar-refractivity contribution in [3.63, 3.8) is 0 Å². The predicted molar refractivity (Wildman–Crippen MR) is 116 cm³/mol. The van der Waals surface area contributed by atoms with E-state index in [-0.39, 0.29) is 28.1 Å². The Kier molecular flexibility index (Phi) is 4.52. The number of benzene rings is 2. The van der Waals surface area contributed by atoms with Crippen LogP contribution in [0.4, 0.5) is 5.69 Å². The molecule has 2 aromatic rings. The molecule has 0 saturated heterocycles. The van der Waals surface area contributed by atoms with Gasteiger partial charge >= 0.3 is 0 Å². The van der Waals surface area contributed by atoms with E-state index in [1.807, 2.05) is 18.2 Å². The number of amides is 1. The highest BCUT2D eigenvalue weighted by Crippen LogP contribution is 2.67. The number of nitrogens with one attached hydrogen (secondary N) is 2. The van der Waals surface area contributed by atoms with E-state index in [2.05, 4.69) is 22.2 Å². The summed E-state index contributed by atoms with van der Waals surface area (Å²) in [5.74, 6) is -0.305. The van der Waals surface area contributed by atoms with Crippen molar-refractivity contribution in [2.24, 2.45) is 0 Å². The highest BCUT2D eigenvalue weighted by Gasteiger charge is 2.68. The third kappa shape index (κ3) is 3.42. The van der Waals surface area contributed by atoms with Crippen LogP contribution in [0.2, 0.25) is 5.02 Å². The molecule has 0 unspecified atom stereocenters. The van der Waals surface area contributed by atoms with E-state index in [9.17, 15) is 13.2 Å². The van der Waals surface area contributed by atoms with Gasteiger partial charge < -0.3 is 5.32 Å². The zero-order chi connectivity index (χ0) is 21.1. The van der Waals surface area contributed by atoms with Crippen LogP contribution < -0.4 is 10.0 Å². The average molecular weight is 433 g/mol. The van der Waals surface area contributed by atoms with E-state index in [4.69, 9.17) is 11.6 Å². The number of rotatable bonds is 5. The normalized spacial score (nSPS) is 25.5. The van der Waals surface area contributed by atoms with Crippen LogP contribution in [0.25, 0.3) is 0 Å². The minimum atomic E-state index is -3.66. The Morgan fingerprint density at radius 3 is 2.24 bits per heavy atom. The van der Waals surface area contributed by atoms with Gasteiger partial charge in [0.2, 0.25) is 10.0 Å². The SMILES string of the molecule is CC(C)(C)S(=O)(=O)Nc1ccc(Cl)cc1C(=O)NC12CC(c3ccccc3)(C1)C2. The summed E-state index contributed by atoms with van der Waals surface area (Å²) >= 11 is 6.10. The average Bonchev–Trinajstić information content (AvgIpc) is 2.57. The second-order valence-corrected chi connectivity index (χ2v) is 12.2. The first-order valence-electron chi connectivity index (χ1n) is 9.65. The second-order valence-electron chi connectivity index (χ2n) is 9.32. The number of hydrogen-bond acceptors (Lipinski definition) is 3. The number of halogens is 1. The van der Waals surface area contributed by atoms with Crippen LogP contribution in [-0.4, -0.2) is 24.6 Å². The molecule has 5 rings (SSSR count). The van der Waals surface area contributed by atoms with Gasteiger partial charge in [-0.1, -0.05) is 41.9 Å². The topological polar surface area (TPSA) is 75.3 Å². The van der Waals surface area contributed by atoms with Gasteiger partial charge in [-0.25, -0.2) is 8.42 Å².